The second-order valence-corrected chi connectivity index (χ2v) is 5.54. The van der Waals surface area contributed by atoms with Crippen LogP contribution in [0, 0.1) is 6.92 Å². The Bertz CT molecular complexity index is 735. The van der Waals surface area contributed by atoms with Crippen molar-refractivity contribution in [2.24, 2.45) is 5.73 Å². The molecule has 0 amide bonds. The molecule has 0 aliphatic heterocycles. The maximum absolute atomic E-state index is 6.26. The predicted molar refractivity (Wildman–Crippen MR) is 88.2 cm³/mol. The number of hydrogen-bond donors (Lipinski definition) is 1. The average Bonchev–Trinajstić information content (AvgIpc) is 2.53. The summed E-state index contributed by atoms with van der Waals surface area (Å²) >= 11 is 0. The van der Waals surface area contributed by atoms with Crippen LogP contribution >= 0.6 is 0 Å². The number of aryl methyl sites for hydroxylation is 2. The van der Waals surface area contributed by atoms with Gasteiger partial charge in [0.1, 0.15) is 0 Å². The van der Waals surface area contributed by atoms with E-state index in [0.717, 1.165) is 24.1 Å². The van der Waals surface area contributed by atoms with Gasteiger partial charge in [-0.15, -0.1) is 0 Å². The minimum atomic E-state index is 0.0954. The molecule has 0 spiro atoms. The van der Waals surface area contributed by atoms with Gasteiger partial charge in [-0.05, 0) is 49.1 Å². The molecule has 3 rings (SSSR count). The zero-order chi connectivity index (χ0) is 14.7. The first-order valence-electron chi connectivity index (χ1n) is 7.39. The van der Waals surface area contributed by atoms with Gasteiger partial charge in [0.15, 0.2) is 0 Å². The van der Waals surface area contributed by atoms with Crippen molar-refractivity contribution in [3.8, 4) is 0 Å². The second kappa shape index (κ2) is 6.06. The van der Waals surface area contributed by atoms with E-state index in [-0.39, 0.29) is 6.04 Å². The largest absolute Gasteiger partial charge is 0.324 e. The van der Waals surface area contributed by atoms with E-state index in [1.54, 1.807) is 0 Å². The molecule has 0 bridgehead atoms. The van der Waals surface area contributed by atoms with Gasteiger partial charge in [-0.25, -0.2) is 0 Å². The summed E-state index contributed by atoms with van der Waals surface area (Å²) < 4.78 is 0. The molecule has 0 aliphatic carbocycles. The lowest BCUT2D eigenvalue weighted by Crippen LogP contribution is -2.11. The molecular weight excluding hydrogens is 256 g/mol. The quantitative estimate of drug-likeness (QED) is 0.776. The third-order valence-corrected chi connectivity index (χ3v) is 3.86. The predicted octanol–water partition coefficient (Wildman–Crippen LogP) is 4.18. The van der Waals surface area contributed by atoms with E-state index < -0.39 is 0 Å². The van der Waals surface area contributed by atoms with E-state index in [4.69, 9.17) is 5.73 Å². The number of aromatic nitrogens is 1. The molecular formula is C19H20N2. The molecule has 2 nitrogen and oxygen atoms in total. The number of pyridine rings is 1. The van der Waals surface area contributed by atoms with Crippen LogP contribution in [0.1, 0.15) is 29.3 Å². The molecule has 2 heteroatoms. The second-order valence-electron chi connectivity index (χ2n) is 5.54. The van der Waals surface area contributed by atoms with Crippen LogP contribution in [-0.2, 0) is 6.42 Å². The van der Waals surface area contributed by atoms with Crippen molar-refractivity contribution >= 4 is 10.9 Å². The first kappa shape index (κ1) is 13.8. The highest BCUT2D eigenvalue weighted by Crippen LogP contribution is 2.19. The van der Waals surface area contributed by atoms with Crippen LogP contribution in [0.5, 0.6) is 0 Å². The van der Waals surface area contributed by atoms with Crippen LogP contribution in [0.15, 0.2) is 60.7 Å². The minimum absolute atomic E-state index is 0.0954. The summed E-state index contributed by atoms with van der Waals surface area (Å²) in [5.41, 5.74) is 10.9. The molecule has 1 heterocycles. The minimum Gasteiger partial charge on any atom is -0.324 e. The van der Waals surface area contributed by atoms with Gasteiger partial charge < -0.3 is 5.73 Å². The third kappa shape index (κ3) is 3.29. The Morgan fingerprint density at radius 1 is 1.00 bits per heavy atom. The lowest BCUT2D eigenvalue weighted by Gasteiger charge is -2.12. The van der Waals surface area contributed by atoms with Crippen molar-refractivity contribution in [2.75, 3.05) is 0 Å². The number of nitrogens with two attached hydrogens (primary N) is 1. The van der Waals surface area contributed by atoms with Gasteiger partial charge >= 0.3 is 0 Å². The van der Waals surface area contributed by atoms with Gasteiger partial charge in [-0.1, -0.05) is 42.5 Å². The molecule has 1 atom stereocenters. The molecule has 2 aromatic carbocycles. The summed E-state index contributed by atoms with van der Waals surface area (Å²) in [6.45, 7) is 2.02. The third-order valence-electron chi connectivity index (χ3n) is 3.86. The lowest BCUT2D eigenvalue weighted by atomic mass is 9.99. The maximum Gasteiger partial charge on any atom is 0.0705 e. The van der Waals surface area contributed by atoms with Crippen molar-refractivity contribution in [1.29, 1.82) is 0 Å². The molecule has 0 saturated heterocycles. The van der Waals surface area contributed by atoms with Gasteiger partial charge in [0.05, 0.1) is 5.52 Å². The molecule has 0 aliphatic rings. The van der Waals surface area contributed by atoms with E-state index in [9.17, 15) is 0 Å². The smallest absolute Gasteiger partial charge is 0.0705 e. The summed E-state index contributed by atoms with van der Waals surface area (Å²) in [6.07, 6.45) is 1.94. The van der Waals surface area contributed by atoms with Crippen LogP contribution in [0.3, 0.4) is 0 Å². The molecule has 1 aromatic heterocycles. The number of hydrogen-bond acceptors (Lipinski definition) is 2. The van der Waals surface area contributed by atoms with Gasteiger partial charge in [0, 0.05) is 17.1 Å². The number of nitrogens with zero attached hydrogens (tertiary/aromatic N) is 1. The lowest BCUT2D eigenvalue weighted by molar-refractivity contribution is 0.652. The Kier molecular flexibility index (Phi) is 3.98. The zero-order valence-corrected chi connectivity index (χ0v) is 12.3. The maximum atomic E-state index is 6.26. The van der Waals surface area contributed by atoms with E-state index in [1.165, 1.54) is 16.5 Å². The van der Waals surface area contributed by atoms with E-state index in [0.29, 0.717) is 0 Å². The van der Waals surface area contributed by atoms with E-state index >= 15 is 0 Å². The number of benzene rings is 2. The monoisotopic (exact) mass is 276 g/mol. The zero-order valence-electron chi connectivity index (χ0n) is 12.3. The topological polar surface area (TPSA) is 38.9 Å². The van der Waals surface area contributed by atoms with E-state index in [1.807, 2.05) is 25.1 Å². The van der Waals surface area contributed by atoms with Crippen LogP contribution in [0.2, 0.25) is 0 Å². The van der Waals surface area contributed by atoms with Crippen molar-refractivity contribution in [1.82, 2.24) is 4.98 Å². The van der Waals surface area contributed by atoms with Crippen molar-refractivity contribution in [3.05, 3.63) is 77.5 Å². The van der Waals surface area contributed by atoms with Crippen molar-refractivity contribution < 1.29 is 0 Å². The fraction of sp³-hybridized carbons (Fsp3) is 0.211. The fourth-order valence-electron chi connectivity index (χ4n) is 2.62. The Labute approximate surface area is 125 Å². The summed E-state index contributed by atoms with van der Waals surface area (Å²) in [5, 5.41) is 1.20. The number of rotatable bonds is 4. The molecule has 21 heavy (non-hydrogen) atoms. The Balaban J connectivity index is 1.72. The van der Waals surface area contributed by atoms with Crippen molar-refractivity contribution in [3.63, 3.8) is 0 Å². The SMILES string of the molecule is Cc1ccc2cc(CCC(N)c3ccccc3)ccc2n1. The summed E-state index contributed by atoms with van der Waals surface area (Å²) in [6, 6.07) is 21.1. The molecule has 0 radical (unpaired) electrons. The van der Waals surface area contributed by atoms with Gasteiger partial charge in [-0.2, -0.15) is 0 Å². The standard InChI is InChI=1S/C19H20N2/c1-14-7-10-17-13-15(9-12-19(17)21-14)8-11-18(20)16-5-3-2-4-6-16/h2-7,9-10,12-13,18H,8,11,20H2,1H3. The van der Waals surface area contributed by atoms with Crippen LogP contribution in [0.25, 0.3) is 10.9 Å². The summed E-state index contributed by atoms with van der Waals surface area (Å²) in [7, 11) is 0. The highest BCUT2D eigenvalue weighted by atomic mass is 14.7. The first-order valence-corrected chi connectivity index (χ1v) is 7.39. The van der Waals surface area contributed by atoms with Crippen molar-refractivity contribution in [2.45, 2.75) is 25.8 Å². The summed E-state index contributed by atoms with van der Waals surface area (Å²) in [4.78, 5) is 4.53. The first-order chi connectivity index (χ1) is 10.2. The molecule has 3 aromatic rings. The Morgan fingerprint density at radius 2 is 1.81 bits per heavy atom. The van der Waals surface area contributed by atoms with Gasteiger partial charge in [0.2, 0.25) is 0 Å². The van der Waals surface area contributed by atoms with Gasteiger partial charge in [-0.3, -0.25) is 4.98 Å². The molecule has 0 saturated carbocycles. The number of fused-ring (bicyclic) bond motifs is 1. The summed E-state index contributed by atoms with van der Waals surface area (Å²) in [5.74, 6) is 0. The molecule has 2 N–H and O–H groups in total. The Morgan fingerprint density at radius 3 is 2.62 bits per heavy atom. The molecule has 106 valence electrons. The van der Waals surface area contributed by atoms with Crippen LogP contribution < -0.4 is 5.73 Å². The highest BCUT2D eigenvalue weighted by molar-refractivity contribution is 5.79. The van der Waals surface area contributed by atoms with E-state index in [2.05, 4.69) is 47.4 Å². The molecule has 0 fully saturated rings. The fourth-order valence-corrected chi connectivity index (χ4v) is 2.62. The highest BCUT2D eigenvalue weighted by Gasteiger charge is 2.06. The van der Waals surface area contributed by atoms with Crippen LogP contribution in [0.4, 0.5) is 0 Å². The normalized spacial score (nSPS) is 12.5. The Hall–Kier alpha value is -2.19. The molecule has 1 unspecified atom stereocenters. The van der Waals surface area contributed by atoms with Gasteiger partial charge in [0.25, 0.3) is 0 Å². The van der Waals surface area contributed by atoms with Crippen LogP contribution in [-0.4, -0.2) is 4.98 Å². The average molecular weight is 276 g/mol.